The fraction of sp³-hybridized carbons (Fsp3) is 0.286. The molecule has 1 aliphatic rings. The van der Waals surface area contributed by atoms with Crippen LogP contribution in [-0.4, -0.2) is 45.3 Å². The molecule has 1 aliphatic heterocycles. The lowest BCUT2D eigenvalue weighted by Crippen LogP contribution is -2.41. The molecule has 0 aromatic heterocycles. The predicted octanol–water partition coefficient (Wildman–Crippen LogP) is 3.64. The van der Waals surface area contributed by atoms with Crippen LogP contribution in [0.2, 0.25) is 0 Å². The highest BCUT2D eigenvalue weighted by Crippen LogP contribution is 2.33. The summed E-state index contributed by atoms with van der Waals surface area (Å²) in [6.45, 7) is 3.04. The standard InChI is InChI=1S/C28H31N3O5S/c1-21-10-15-26(36-2)25(17-21)31(37(34,35)24-7-4-3-5-8-24)20-27(32)29-18-22-11-13-23(14-12-22)19-30-16-6-9-28(30)33/h3-5,7-8,10-15,17H,6,9,16,18-20H2,1-2H3,(H,29,32). The number of benzene rings is 3. The SMILES string of the molecule is COc1ccc(C)cc1N(CC(=O)NCc1ccc(CN2CCCC2=O)cc1)S(=O)(=O)c1ccccc1. The Kier molecular flexibility index (Phi) is 8.13. The third kappa shape index (κ3) is 6.29. The van der Waals surface area contributed by atoms with Gasteiger partial charge >= 0.3 is 0 Å². The Hall–Kier alpha value is -3.85. The number of likely N-dealkylation sites (tertiary alicyclic amines) is 1. The van der Waals surface area contributed by atoms with E-state index in [1.54, 1.807) is 30.3 Å². The van der Waals surface area contributed by atoms with E-state index in [0.717, 1.165) is 34.0 Å². The quantitative estimate of drug-likeness (QED) is 0.440. The number of amides is 2. The van der Waals surface area contributed by atoms with Gasteiger partial charge in [0.2, 0.25) is 11.8 Å². The average Bonchev–Trinajstić information content (AvgIpc) is 3.31. The summed E-state index contributed by atoms with van der Waals surface area (Å²) in [6.07, 6.45) is 1.50. The molecule has 0 aliphatic carbocycles. The van der Waals surface area contributed by atoms with Gasteiger partial charge in [-0.05, 0) is 54.3 Å². The van der Waals surface area contributed by atoms with E-state index in [1.807, 2.05) is 42.2 Å². The van der Waals surface area contributed by atoms with Crippen LogP contribution in [-0.2, 0) is 32.7 Å². The van der Waals surface area contributed by atoms with Gasteiger partial charge in [-0.3, -0.25) is 13.9 Å². The van der Waals surface area contributed by atoms with Gasteiger partial charge in [0.15, 0.2) is 0 Å². The van der Waals surface area contributed by atoms with Gasteiger partial charge in [-0.1, -0.05) is 48.5 Å². The molecule has 0 bridgehead atoms. The maximum Gasteiger partial charge on any atom is 0.264 e. The molecular formula is C28H31N3O5S. The van der Waals surface area contributed by atoms with Crippen LogP contribution in [0.4, 0.5) is 5.69 Å². The van der Waals surface area contributed by atoms with E-state index in [4.69, 9.17) is 4.74 Å². The summed E-state index contributed by atoms with van der Waals surface area (Å²) in [5.74, 6) is 0.0800. The molecular weight excluding hydrogens is 490 g/mol. The lowest BCUT2D eigenvalue weighted by molar-refractivity contribution is -0.128. The number of nitrogens with one attached hydrogen (secondary N) is 1. The monoisotopic (exact) mass is 521 g/mol. The number of rotatable bonds is 10. The Morgan fingerprint density at radius 1 is 1.03 bits per heavy atom. The lowest BCUT2D eigenvalue weighted by atomic mass is 10.1. The maximum atomic E-state index is 13.6. The Labute approximate surface area is 217 Å². The average molecular weight is 522 g/mol. The minimum Gasteiger partial charge on any atom is -0.495 e. The highest BCUT2D eigenvalue weighted by Gasteiger charge is 2.29. The Balaban J connectivity index is 1.49. The van der Waals surface area contributed by atoms with Crippen molar-refractivity contribution in [1.29, 1.82) is 0 Å². The fourth-order valence-corrected chi connectivity index (χ4v) is 5.70. The second-order valence-electron chi connectivity index (χ2n) is 9.01. The zero-order valence-electron chi connectivity index (χ0n) is 21.0. The van der Waals surface area contributed by atoms with Gasteiger partial charge in [-0.2, -0.15) is 0 Å². The van der Waals surface area contributed by atoms with Crippen molar-refractivity contribution in [2.24, 2.45) is 0 Å². The second-order valence-corrected chi connectivity index (χ2v) is 10.9. The van der Waals surface area contributed by atoms with Crippen molar-refractivity contribution in [2.45, 2.75) is 37.8 Å². The molecule has 4 rings (SSSR count). The normalized spacial score (nSPS) is 13.5. The molecule has 0 spiro atoms. The summed E-state index contributed by atoms with van der Waals surface area (Å²) in [4.78, 5) is 26.8. The highest BCUT2D eigenvalue weighted by molar-refractivity contribution is 7.92. The minimum atomic E-state index is -4.04. The molecule has 1 N–H and O–H groups in total. The number of nitrogens with zero attached hydrogens (tertiary/aromatic N) is 2. The Morgan fingerprint density at radius 3 is 2.38 bits per heavy atom. The smallest absolute Gasteiger partial charge is 0.264 e. The molecule has 0 atom stereocenters. The van der Waals surface area contributed by atoms with Crippen molar-refractivity contribution in [3.05, 3.63) is 89.5 Å². The number of anilines is 1. The number of carbonyl (C=O) groups excluding carboxylic acids is 2. The van der Waals surface area contributed by atoms with Crippen LogP contribution in [0, 0.1) is 6.92 Å². The molecule has 0 unspecified atom stereocenters. The van der Waals surface area contributed by atoms with E-state index in [0.29, 0.717) is 24.4 Å². The number of methoxy groups -OCH3 is 1. The summed E-state index contributed by atoms with van der Waals surface area (Å²) in [5, 5.41) is 2.82. The molecule has 8 nitrogen and oxygen atoms in total. The zero-order chi connectivity index (χ0) is 26.4. The van der Waals surface area contributed by atoms with Gasteiger partial charge in [0, 0.05) is 26.1 Å². The first-order valence-electron chi connectivity index (χ1n) is 12.1. The molecule has 1 heterocycles. The Bertz CT molecular complexity index is 1360. The van der Waals surface area contributed by atoms with Gasteiger partial charge in [0.1, 0.15) is 12.3 Å². The van der Waals surface area contributed by atoms with Crippen molar-refractivity contribution in [3.63, 3.8) is 0 Å². The van der Waals surface area contributed by atoms with Gasteiger partial charge < -0.3 is 15.0 Å². The van der Waals surface area contributed by atoms with Crippen LogP contribution in [0.25, 0.3) is 0 Å². The van der Waals surface area contributed by atoms with E-state index in [-0.39, 0.29) is 17.3 Å². The van der Waals surface area contributed by atoms with Crippen molar-refractivity contribution in [1.82, 2.24) is 10.2 Å². The zero-order valence-corrected chi connectivity index (χ0v) is 21.8. The lowest BCUT2D eigenvalue weighted by Gasteiger charge is -2.26. The predicted molar refractivity (Wildman–Crippen MR) is 142 cm³/mol. The summed E-state index contributed by atoms with van der Waals surface area (Å²) < 4.78 is 33.7. The van der Waals surface area contributed by atoms with Gasteiger partial charge in [-0.15, -0.1) is 0 Å². The number of ether oxygens (including phenoxy) is 1. The van der Waals surface area contributed by atoms with Gasteiger partial charge in [0.05, 0.1) is 17.7 Å². The molecule has 3 aromatic carbocycles. The van der Waals surface area contributed by atoms with Crippen LogP contribution in [0.5, 0.6) is 5.75 Å². The summed E-state index contributed by atoms with van der Waals surface area (Å²) in [6, 6.07) is 20.9. The van der Waals surface area contributed by atoms with Gasteiger partial charge in [0.25, 0.3) is 10.0 Å². The number of hydrogen-bond donors (Lipinski definition) is 1. The molecule has 194 valence electrons. The maximum absolute atomic E-state index is 13.6. The van der Waals surface area contributed by atoms with Crippen molar-refractivity contribution < 1.29 is 22.7 Å². The number of hydrogen-bond acceptors (Lipinski definition) is 5. The highest BCUT2D eigenvalue weighted by atomic mass is 32.2. The molecule has 9 heteroatoms. The van der Waals surface area contributed by atoms with Crippen molar-refractivity contribution >= 4 is 27.5 Å². The summed E-state index contributed by atoms with van der Waals surface area (Å²) in [5.41, 5.74) is 3.02. The number of carbonyl (C=O) groups is 2. The molecule has 3 aromatic rings. The summed E-state index contributed by atoms with van der Waals surface area (Å²) >= 11 is 0. The minimum absolute atomic E-state index is 0.0819. The molecule has 1 saturated heterocycles. The van der Waals surface area contributed by atoms with Crippen LogP contribution in [0.1, 0.15) is 29.5 Å². The summed E-state index contributed by atoms with van der Waals surface area (Å²) in [7, 11) is -2.58. The van der Waals surface area contributed by atoms with Crippen molar-refractivity contribution in [3.8, 4) is 5.75 Å². The van der Waals surface area contributed by atoms with Crippen molar-refractivity contribution in [2.75, 3.05) is 24.5 Å². The van der Waals surface area contributed by atoms with Crippen LogP contribution in [0.3, 0.4) is 0 Å². The first kappa shape index (κ1) is 26.2. The van der Waals surface area contributed by atoms with E-state index in [2.05, 4.69) is 5.32 Å². The molecule has 0 radical (unpaired) electrons. The van der Waals surface area contributed by atoms with Crippen LogP contribution in [0.15, 0.2) is 77.7 Å². The molecule has 0 saturated carbocycles. The number of aryl methyl sites for hydroxylation is 1. The van der Waals surface area contributed by atoms with E-state index in [9.17, 15) is 18.0 Å². The van der Waals surface area contributed by atoms with E-state index < -0.39 is 22.5 Å². The fourth-order valence-electron chi connectivity index (χ4n) is 4.26. The first-order chi connectivity index (χ1) is 17.8. The molecule has 37 heavy (non-hydrogen) atoms. The topological polar surface area (TPSA) is 96.0 Å². The Morgan fingerprint density at radius 2 is 1.73 bits per heavy atom. The van der Waals surface area contributed by atoms with E-state index in [1.165, 1.54) is 19.2 Å². The van der Waals surface area contributed by atoms with E-state index >= 15 is 0 Å². The molecule has 1 fully saturated rings. The largest absolute Gasteiger partial charge is 0.495 e. The van der Waals surface area contributed by atoms with Gasteiger partial charge in [-0.25, -0.2) is 8.42 Å². The second kappa shape index (κ2) is 11.5. The van der Waals surface area contributed by atoms with Crippen LogP contribution < -0.4 is 14.4 Å². The third-order valence-corrected chi connectivity index (χ3v) is 8.05. The first-order valence-corrected chi connectivity index (χ1v) is 13.6. The molecule has 2 amide bonds. The van der Waals surface area contributed by atoms with Crippen LogP contribution >= 0.6 is 0 Å². The number of sulfonamides is 1. The third-order valence-electron chi connectivity index (χ3n) is 6.28.